The van der Waals surface area contributed by atoms with Crippen LogP contribution in [0.15, 0.2) is 0 Å². The Morgan fingerprint density at radius 1 is 1.18 bits per heavy atom. The Kier molecular flexibility index (Phi) is 1.63. The molecule has 0 N–H and O–H groups in total. The summed E-state index contributed by atoms with van der Waals surface area (Å²) in [4.78, 5) is 10.6. The van der Waals surface area contributed by atoms with Gasteiger partial charge in [0.25, 0.3) is 0 Å². The smallest absolute Gasteiger partial charge is 0.0448 e. The molecule has 1 atom stereocenters. The molecule has 3 rings (SSSR count). The molecule has 2 bridgehead atoms. The second-order valence-electron chi connectivity index (χ2n) is 3.94. The molecule has 0 spiro atoms. The summed E-state index contributed by atoms with van der Waals surface area (Å²) in [5.41, 5.74) is 0. The summed E-state index contributed by atoms with van der Waals surface area (Å²) < 4.78 is 0. The molecular formula is C9H13O2-. The highest BCUT2D eigenvalue weighted by Gasteiger charge is 2.35. The van der Waals surface area contributed by atoms with Gasteiger partial charge in [-0.25, -0.2) is 0 Å². The topological polar surface area (TPSA) is 40.1 Å². The van der Waals surface area contributed by atoms with Crippen LogP contribution < -0.4 is 5.11 Å². The van der Waals surface area contributed by atoms with E-state index in [4.69, 9.17) is 0 Å². The molecule has 0 aromatic rings. The predicted octanol–water partition coefficient (Wildman–Crippen LogP) is 0.563. The van der Waals surface area contributed by atoms with Crippen LogP contribution in [-0.4, -0.2) is 5.97 Å². The summed E-state index contributed by atoms with van der Waals surface area (Å²) >= 11 is 0. The van der Waals surface area contributed by atoms with E-state index >= 15 is 0 Å². The van der Waals surface area contributed by atoms with E-state index in [1.165, 1.54) is 12.8 Å². The number of carboxylic acids is 1. The Labute approximate surface area is 66.6 Å². The Morgan fingerprint density at radius 2 is 1.82 bits per heavy atom. The number of aliphatic carboxylic acids is 1. The van der Waals surface area contributed by atoms with Gasteiger partial charge in [-0.1, -0.05) is 12.8 Å². The van der Waals surface area contributed by atoms with Crippen LogP contribution in [0.5, 0.6) is 0 Å². The summed E-state index contributed by atoms with van der Waals surface area (Å²) in [6.45, 7) is 0. The van der Waals surface area contributed by atoms with Gasteiger partial charge in [0.1, 0.15) is 0 Å². The zero-order chi connectivity index (χ0) is 7.84. The first-order chi connectivity index (χ1) is 5.27. The normalized spacial score (nSPS) is 42.4. The van der Waals surface area contributed by atoms with Crippen molar-refractivity contribution in [1.29, 1.82) is 0 Å². The molecular weight excluding hydrogens is 140 g/mol. The average Bonchev–Trinajstić information content (AvgIpc) is 2.06. The molecule has 0 saturated heterocycles. The van der Waals surface area contributed by atoms with Gasteiger partial charge in [-0.15, -0.1) is 0 Å². The maximum absolute atomic E-state index is 10.6. The molecule has 3 saturated carbocycles. The van der Waals surface area contributed by atoms with Crippen LogP contribution in [0.1, 0.15) is 32.1 Å². The number of carbonyl (C=O) groups is 1. The van der Waals surface area contributed by atoms with Crippen molar-refractivity contribution in [3.63, 3.8) is 0 Å². The monoisotopic (exact) mass is 153 g/mol. The van der Waals surface area contributed by atoms with Crippen molar-refractivity contribution in [2.45, 2.75) is 32.1 Å². The third-order valence-corrected chi connectivity index (χ3v) is 3.35. The van der Waals surface area contributed by atoms with Crippen LogP contribution in [0.4, 0.5) is 0 Å². The highest BCUT2D eigenvalue weighted by Crippen LogP contribution is 2.44. The number of carboxylic acid groups (broad SMARTS) is 1. The fourth-order valence-electron chi connectivity index (χ4n) is 2.67. The van der Waals surface area contributed by atoms with E-state index < -0.39 is 5.97 Å². The summed E-state index contributed by atoms with van der Waals surface area (Å²) in [5.74, 6) is 0.231. The first-order valence-corrected chi connectivity index (χ1v) is 4.48. The van der Waals surface area contributed by atoms with Crippen LogP contribution in [0.2, 0.25) is 0 Å². The summed E-state index contributed by atoms with van der Waals surface area (Å²) in [5, 5.41) is 10.6. The number of fused-ring (bicyclic) bond motifs is 3. The molecule has 62 valence electrons. The fraction of sp³-hybridized carbons (Fsp3) is 0.889. The van der Waals surface area contributed by atoms with Crippen LogP contribution >= 0.6 is 0 Å². The summed E-state index contributed by atoms with van der Waals surface area (Å²) in [6, 6.07) is 0. The summed E-state index contributed by atoms with van der Waals surface area (Å²) in [7, 11) is 0. The minimum atomic E-state index is -0.806. The quantitative estimate of drug-likeness (QED) is 0.552. The van der Waals surface area contributed by atoms with E-state index in [0.29, 0.717) is 11.8 Å². The van der Waals surface area contributed by atoms with Crippen LogP contribution in [-0.2, 0) is 4.79 Å². The predicted molar refractivity (Wildman–Crippen MR) is 38.6 cm³/mol. The maximum Gasteiger partial charge on any atom is 0.0448 e. The molecule has 3 fully saturated rings. The van der Waals surface area contributed by atoms with Crippen LogP contribution in [0, 0.1) is 17.8 Å². The van der Waals surface area contributed by atoms with Crippen molar-refractivity contribution in [1.82, 2.24) is 0 Å². The second kappa shape index (κ2) is 2.50. The molecule has 11 heavy (non-hydrogen) atoms. The van der Waals surface area contributed by atoms with Crippen molar-refractivity contribution in [2.75, 3.05) is 0 Å². The van der Waals surface area contributed by atoms with Crippen molar-refractivity contribution >= 4 is 5.97 Å². The first-order valence-electron chi connectivity index (χ1n) is 4.48. The third kappa shape index (κ3) is 1.15. The van der Waals surface area contributed by atoms with E-state index in [0.717, 1.165) is 19.3 Å². The Balaban J connectivity index is 2.08. The lowest BCUT2D eigenvalue weighted by molar-refractivity contribution is -0.315. The maximum atomic E-state index is 10.6. The fourth-order valence-corrected chi connectivity index (χ4v) is 2.67. The SMILES string of the molecule is O=C([O-])[C@H]1CC2CCC1CC2. The molecule has 0 radical (unpaired) electrons. The zero-order valence-electron chi connectivity index (χ0n) is 6.58. The Bertz CT molecular complexity index is 168. The highest BCUT2D eigenvalue weighted by atomic mass is 16.4. The standard InChI is InChI=1S/C9H14O2/c10-9(11)8-5-6-1-3-7(8)4-2-6/h6-8H,1-5H2,(H,10,11)/p-1/t6?,7?,8-/m0/s1. The van der Waals surface area contributed by atoms with E-state index in [2.05, 4.69) is 0 Å². The molecule has 0 amide bonds. The second-order valence-corrected chi connectivity index (χ2v) is 3.94. The van der Waals surface area contributed by atoms with E-state index in [1.54, 1.807) is 0 Å². The number of hydrogen-bond acceptors (Lipinski definition) is 2. The lowest BCUT2D eigenvalue weighted by Gasteiger charge is -2.42. The van der Waals surface area contributed by atoms with Gasteiger partial charge >= 0.3 is 0 Å². The van der Waals surface area contributed by atoms with Gasteiger partial charge < -0.3 is 9.90 Å². The van der Waals surface area contributed by atoms with Gasteiger partial charge in [0.15, 0.2) is 0 Å². The van der Waals surface area contributed by atoms with Crippen molar-refractivity contribution in [2.24, 2.45) is 17.8 Å². The molecule has 2 nitrogen and oxygen atoms in total. The number of carbonyl (C=O) groups excluding carboxylic acids is 1. The molecule has 3 aliphatic rings. The van der Waals surface area contributed by atoms with E-state index in [1.807, 2.05) is 0 Å². The zero-order valence-corrected chi connectivity index (χ0v) is 6.58. The third-order valence-electron chi connectivity index (χ3n) is 3.35. The minimum absolute atomic E-state index is 0.109. The summed E-state index contributed by atoms with van der Waals surface area (Å²) in [6.07, 6.45) is 5.67. The average molecular weight is 153 g/mol. The van der Waals surface area contributed by atoms with Crippen molar-refractivity contribution in [3.05, 3.63) is 0 Å². The lowest BCUT2D eigenvalue weighted by Crippen LogP contribution is -2.42. The number of hydrogen-bond donors (Lipinski definition) is 0. The first kappa shape index (κ1) is 7.14. The van der Waals surface area contributed by atoms with Crippen molar-refractivity contribution < 1.29 is 9.90 Å². The molecule has 3 aliphatic carbocycles. The lowest BCUT2D eigenvalue weighted by atomic mass is 9.65. The van der Waals surface area contributed by atoms with E-state index in [-0.39, 0.29) is 5.92 Å². The van der Waals surface area contributed by atoms with Gasteiger partial charge in [-0.3, -0.25) is 0 Å². The molecule has 0 aromatic heterocycles. The van der Waals surface area contributed by atoms with Gasteiger partial charge in [-0.05, 0) is 31.1 Å². The van der Waals surface area contributed by atoms with Gasteiger partial charge in [0, 0.05) is 11.9 Å². The molecule has 2 heteroatoms. The minimum Gasteiger partial charge on any atom is -0.550 e. The highest BCUT2D eigenvalue weighted by molar-refractivity contribution is 5.68. The van der Waals surface area contributed by atoms with Gasteiger partial charge in [0.2, 0.25) is 0 Å². The Morgan fingerprint density at radius 3 is 2.09 bits per heavy atom. The van der Waals surface area contributed by atoms with Gasteiger partial charge in [0.05, 0.1) is 0 Å². The molecule has 0 heterocycles. The largest absolute Gasteiger partial charge is 0.550 e. The molecule has 0 aromatic carbocycles. The molecule has 0 aliphatic heterocycles. The van der Waals surface area contributed by atoms with E-state index in [9.17, 15) is 9.90 Å². The van der Waals surface area contributed by atoms with Crippen molar-refractivity contribution in [3.8, 4) is 0 Å². The Hall–Kier alpha value is -0.530. The van der Waals surface area contributed by atoms with Gasteiger partial charge in [-0.2, -0.15) is 0 Å². The molecule has 0 unspecified atom stereocenters. The van der Waals surface area contributed by atoms with Crippen LogP contribution in [0.25, 0.3) is 0 Å². The number of rotatable bonds is 1. The van der Waals surface area contributed by atoms with Crippen LogP contribution in [0.3, 0.4) is 0 Å².